The first kappa shape index (κ1) is 18.9. The molecule has 8 heteroatoms. The standard InChI is InChI=1S/C21H13ClN2O4S/c22-16-12-13(8-9-17(16)28-21(27)18-7-4-10-29-18)11-15-19(25)23-24(20(15)26)14-5-2-1-3-6-14/h1-12H,(H,23,25). The van der Waals surface area contributed by atoms with Crippen LogP contribution < -0.4 is 15.2 Å². The number of halogens is 1. The number of ether oxygens (including phenoxy) is 1. The lowest BCUT2D eigenvalue weighted by atomic mass is 10.1. The van der Waals surface area contributed by atoms with Gasteiger partial charge >= 0.3 is 5.97 Å². The van der Waals surface area contributed by atoms with Gasteiger partial charge in [0.15, 0.2) is 0 Å². The third-order valence-corrected chi connectivity index (χ3v) is 5.24. The van der Waals surface area contributed by atoms with Crippen molar-refractivity contribution in [1.29, 1.82) is 0 Å². The monoisotopic (exact) mass is 424 g/mol. The molecule has 1 saturated heterocycles. The summed E-state index contributed by atoms with van der Waals surface area (Å²) in [6, 6.07) is 16.9. The molecule has 1 aliphatic rings. The summed E-state index contributed by atoms with van der Waals surface area (Å²) in [5.74, 6) is -1.29. The van der Waals surface area contributed by atoms with E-state index in [4.69, 9.17) is 16.3 Å². The molecule has 4 rings (SSSR count). The van der Waals surface area contributed by atoms with Crippen LogP contribution in [-0.2, 0) is 9.59 Å². The van der Waals surface area contributed by atoms with Gasteiger partial charge in [-0.1, -0.05) is 41.9 Å². The molecule has 3 aromatic rings. The molecule has 1 fully saturated rings. The SMILES string of the molecule is O=C1NN(c2ccccc2)C(=O)C1=Cc1ccc(OC(=O)c2cccs2)c(Cl)c1. The van der Waals surface area contributed by atoms with Crippen molar-refractivity contribution >= 4 is 52.5 Å². The molecule has 1 N–H and O–H groups in total. The Balaban J connectivity index is 1.55. The Morgan fingerprint density at radius 3 is 2.55 bits per heavy atom. The maximum atomic E-state index is 12.6. The smallest absolute Gasteiger partial charge is 0.353 e. The first-order chi connectivity index (χ1) is 14.0. The first-order valence-electron chi connectivity index (χ1n) is 8.50. The summed E-state index contributed by atoms with van der Waals surface area (Å²) in [5.41, 5.74) is 3.60. The highest BCUT2D eigenvalue weighted by atomic mass is 35.5. The van der Waals surface area contributed by atoms with Crippen LogP contribution in [0.2, 0.25) is 5.02 Å². The van der Waals surface area contributed by atoms with Gasteiger partial charge in [0.25, 0.3) is 11.8 Å². The summed E-state index contributed by atoms with van der Waals surface area (Å²) < 4.78 is 5.30. The highest BCUT2D eigenvalue weighted by molar-refractivity contribution is 7.12. The number of thiophene rings is 1. The molecule has 0 unspecified atom stereocenters. The molecular formula is C21H13ClN2O4S. The Labute approximate surface area is 174 Å². The second-order valence-electron chi connectivity index (χ2n) is 6.03. The fourth-order valence-electron chi connectivity index (χ4n) is 2.72. The Bertz CT molecular complexity index is 1130. The van der Waals surface area contributed by atoms with Crippen molar-refractivity contribution < 1.29 is 19.1 Å². The number of carbonyl (C=O) groups excluding carboxylic acids is 3. The first-order valence-corrected chi connectivity index (χ1v) is 9.76. The van der Waals surface area contributed by atoms with Crippen LogP contribution >= 0.6 is 22.9 Å². The van der Waals surface area contributed by atoms with Gasteiger partial charge in [-0.3, -0.25) is 15.0 Å². The van der Waals surface area contributed by atoms with Crippen molar-refractivity contribution in [2.45, 2.75) is 0 Å². The fourth-order valence-corrected chi connectivity index (χ4v) is 3.54. The van der Waals surface area contributed by atoms with Crippen molar-refractivity contribution in [1.82, 2.24) is 5.43 Å². The average molecular weight is 425 g/mol. The molecular weight excluding hydrogens is 412 g/mol. The Kier molecular flexibility index (Phi) is 5.16. The molecule has 29 heavy (non-hydrogen) atoms. The predicted molar refractivity (Wildman–Crippen MR) is 111 cm³/mol. The fraction of sp³-hybridized carbons (Fsp3) is 0. The lowest BCUT2D eigenvalue weighted by molar-refractivity contribution is -0.117. The van der Waals surface area contributed by atoms with Gasteiger partial charge in [-0.2, -0.15) is 0 Å². The van der Waals surface area contributed by atoms with Gasteiger partial charge in [0.05, 0.1) is 10.7 Å². The number of rotatable bonds is 4. The number of benzene rings is 2. The molecule has 0 bridgehead atoms. The van der Waals surface area contributed by atoms with Crippen LogP contribution in [0.4, 0.5) is 5.69 Å². The molecule has 2 heterocycles. The average Bonchev–Trinajstić information content (AvgIpc) is 3.35. The summed E-state index contributed by atoms with van der Waals surface area (Å²) in [7, 11) is 0. The van der Waals surface area contributed by atoms with Crippen LogP contribution in [0.3, 0.4) is 0 Å². The molecule has 2 amide bonds. The van der Waals surface area contributed by atoms with E-state index in [1.807, 2.05) is 6.07 Å². The quantitative estimate of drug-likeness (QED) is 0.296. The van der Waals surface area contributed by atoms with Gasteiger partial charge < -0.3 is 4.74 Å². The number of esters is 1. The normalized spacial score (nSPS) is 14.9. The zero-order chi connectivity index (χ0) is 20.4. The van der Waals surface area contributed by atoms with Gasteiger partial charge in [0.1, 0.15) is 16.2 Å². The number of hydrogen-bond acceptors (Lipinski definition) is 5. The second-order valence-corrected chi connectivity index (χ2v) is 7.39. The minimum Gasteiger partial charge on any atom is -0.421 e. The molecule has 0 spiro atoms. The van der Waals surface area contributed by atoms with Crippen molar-refractivity contribution in [3.05, 3.63) is 87.1 Å². The number of anilines is 1. The van der Waals surface area contributed by atoms with Crippen LogP contribution in [0.1, 0.15) is 15.2 Å². The summed E-state index contributed by atoms with van der Waals surface area (Å²) in [6.45, 7) is 0. The van der Waals surface area contributed by atoms with Crippen LogP contribution in [0.25, 0.3) is 6.08 Å². The van der Waals surface area contributed by atoms with Crippen molar-refractivity contribution in [3.63, 3.8) is 0 Å². The van der Waals surface area contributed by atoms with Crippen LogP contribution in [0.5, 0.6) is 5.75 Å². The van der Waals surface area contributed by atoms with E-state index in [1.165, 1.54) is 34.6 Å². The molecule has 0 aliphatic carbocycles. The maximum Gasteiger partial charge on any atom is 0.353 e. The Morgan fingerprint density at radius 1 is 1.07 bits per heavy atom. The number of hydrazine groups is 1. The van der Waals surface area contributed by atoms with Crippen molar-refractivity contribution in [2.75, 3.05) is 5.01 Å². The number of nitrogens with one attached hydrogen (secondary N) is 1. The van der Waals surface area contributed by atoms with Gasteiger partial charge in [-0.25, -0.2) is 9.80 Å². The van der Waals surface area contributed by atoms with Crippen LogP contribution in [0, 0.1) is 0 Å². The largest absolute Gasteiger partial charge is 0.421 e. The second kappa shape index (κ2) is 7.90. The minimum absolute atomic E-state index is 0.0201. The zero-order valence-corrected chi connectivity index (χ0v) is 16.4. The zero-order valence-electron chi connectivity index (χ0n) is 14.8. The van der Waals surface area contributed by atoms with E-state index < -0.39 is 17.8 Å². The molecule has 0 saturated carbocycles. The number of para-hydroxylation sites is 1. The highest BCUT2D eigenvalue weighted by Gasteiger charge is 2.34. The third-order valence-electron chi connectivity index (χ3n) is 4.10. The molecule has 2 aromatic carbocycles. The van der Waals surface area contributed by atoms with Crippen LogP contribution in [-0.4, -0.2) is 17.8 Å². The molecule has 6 nitrogen and oxygen atoms in total. The number of hydrogen-bond donors (Lipinski definition) is 1. The Morgan fingerprint density at radius 2 is 1.86 bits per heavy atom. The van der Waals surface area contributed by atoms with E-state index in [1.54, 1.807) is 47.8 Å². The van der Waals surface area contributed by atoms with E-state index in [2.05, 4.69) is 5.43 Å². The minimum atomic E-state index is -0.511. The predicted octanol–water partition coefficient (Wildman–Crippen LogP) is 4.08. The van der Waals surface area contributed by atoms with E-state index in [0.717, 1.165) is 0 Å². The molecule has 1 aliphatic heterocycles. The van der Waals surface area contributed by atoms with E-state index in [-0.39, 0.29) is 16.3 Å². The summed E-state index contributed by atoms with van der Waals surface area (Å²) in [6.07, 6.45) is 1.44. The van der Waals surface area contributed by atoms with E-state index in [0.29, 0.717) is 16.1 Å². The summed E-state index contributed by atoms with van der Waals surface area (Å²) in [5, 5.41) is 3.15. The molecule has 0 atom stereocenters. The van der Waals surface area contributed by atoms with Gasteiger partial charge in [-0.15, -0.1) is 11.3 Å². The highest BCUT2D eigenvalue weighted by Crippen LogP contribution is 2.29. The lowest BCUT2D eigenvalue weighted by Crippen LogP contribution is -2.35. The van der Waals surface area contributed by atoms with E-state index >= 15 is 0 Å². The number of nitrogens with zero attached hydrogens (tertiary/aromatic N) is 1. The Hall–Kier alpha value is -3.42. The van der Waals surface area contributed by atoms with Crippen LogP contribution in [0.15, 0.2) is 71.6 Å². The van der Waals surface area contributed by atoms with E-state index in [9.17, 15) is 14.4 Å². The van der Waals surface area contributed by atoms with Gasteiger partial charge in [0.2, 0.25) is 0 Å². The van der Waals surface area contributed by atoms with Crippen molar-refractivity contribution in [2.24, 2.45) is 0 Å². The number of amides is 2. The summed E-state index contributed by atoms with van der Waals surface area (Å²) >= 11 is 7.48. The van der Waals surface area contributed by atoms with Gasteiger partial charge in [-0.05, 0) is 47.4 Å². The summed E-state index contributed by atoms with van der Waals surface area (Å²) in [4.78, 5) is 37.4. The molecule has 0 radical (unpaired) electrons. The molecule has 144 valence electrons. The third kappa shape index (κ3) is 3.91. The van der Waals surface area contributed by atoms with Gasteiger partial charge in [0, 0.05) is 0 Å². The molecule has 1 aromatic heterocycles. The lowest BCUT2D eigenvalue weighted by Gasteiger charge is -2.13. The topological polar surface area (TPSA) is 75.7 Å². The maximum absolute atomic E-state index is 12.6. The number of carbonyl (C=O) groups is 3. The van der Waals surface area contributed by atoms with Crippen molar-refractivity contribution in [3.8, 4) is 5.75 Å².